The highest BCUT2D eigenvalue weighted by atomic mass is 127. The van der Waals surface area contributed by atoms with E-state index in [2.05, 4.69) is 59.9 Å². The van der Waals surface area contributed by atoms with E-state index in [0.29, 0.717) is 0 Å². The molecule has 31 heavy (non-hydrogen) atoms. The molecule has 2 saturated heterocycles. The van der Waals surface area contributed by atoms with E-state index in [1.165, 1.54) is 5.56 Å². The highest BCUT2D eigenvalue weighted by molar-refractivity contribution is 14.0. The minimum absolute atomic E-state index is 0. The fourth-order valence-electron chi connectivity index (χ4n) is 4.29. The van der Waals surface area contributed by atoms with Crippen LogP contribution < -0.4 is 14.8 Å². The first kappa shape index (κ1) is 26.0. The maximum atomic E-state index is 5.59. The average molecular weight is 546 g/mol. The monoisotopic (exact) mass is 546 g/mol. The van der Waals surface area contributed by atoms with Gasteiger partial charge in [-0.1, -0.05) is 19.9 Å². The van der Waals surface area contributed by atoms with Crippen molar-refractivity contribution in [2.75, 3.05) is 60.7 Å². The van der Waals surface area contributed by atoms with Crippen molar-refractivity contribution in [3.05, 3.63) is 23.8 Å². The van der Waals surface area contributed by atoms with E-state index in [4.69, 9.17) is 14.2 Å². The lowest BCUT2D eigenvalue weighted by Crippen LogP contribution is -2.72. The maximum Gasteiger partial charge on any atom is 0.194 e. The second-order valence-electron chi connectivity index (χ2n) is 9.24. The Morgan fingerprint density at radius 3 is 2.29 bits per heavy atom. The summed E-state index contributed by atoms with van der Waals surface area (Å²) in [4.78, 5) is 9.43. The first-order valence-electron chi connectivity index (χ1n) is 10.8. The molecular weight excluding hydrogens is 507 g/mol. The van der Waals surface area contributed by atoms with Crippen LogP contribution in [-0.2, 0) is 4.74 Å². The summed E-state index contributed by atoms with van der Waals surface area (Å²) in [5.41, 5.74) is 1.52. The number of hydrogen-bond acceptors (Lipinski definition) is 5. The summed E-state index contributed by atoms with van der Waals surface area (Å²) in [6.45, 7) is 14.3. The van der Waals surface area contributed by atoms with Crippen molar-refractivity contribution in [1.29, 1.82) is 0 Å². The predicted molar refractivity (Wildman–Crippen MR) is 136 cm³/mol. The van der Waals surface area contributed by atoms with Crippen LogP contribution in [0.15, 0.2) is 23.2 Å². The second-order valence-corrected chi connectivity index (χ2v) is 9.24. The number of rotatable bonds is 6. The van der Waals surface area contributed by atoms with Gasteiger partial charge in [0, 0.05) is 44.2 Å². The Bertz CT molecular complexity index is 763. The van der Waals surface area contributed by atoms with Gasteiger partial charge in [0.2, 0.25) is 0 Å². The molecule has 1 unspecified atom stereocenters. The fourth-order valence-corrected chi connectivity index (χ4v) is 4.29. The van der Waals surface area contributed by atoms with Gasteiger partial charge in [-0.2, -0.15) is 0 Å². The SMILES string of the molecule is CN=C(NCC(c1ccc(OC)c(OC)c1)N1CCOCC1)N1CC(C)(C)C1(C)C.I. The normalized spacial score (nSPS) is 21.5. The zero-order chi connectivity index (χ0) is 21.9. The van der Waals surface area contributed by atoms with Crippen LogP contribution in [0.25, 0.3) is 0 Å². The molecule has 2 aliphatic rings. The van der Waals surface area contributed by atoms with Crippen LogP contribution in [0.3, 0.4) is 0 Å². The Morgan fingerprint density at radius 1 is 1.13 bits per heavy atom. The molecule has 0 aliphatic carbocycles. The molecule has 8 heteroatoms. The summed E-state index contributed by atoms with van der Waals surface area (Å²) in [6.07, 6.45) is 0. The summed E-state index contributed by atoms with van der Waals surface area (Å²) in [6, 6.07) is 6.38. The third-order valence-corrected chi connectivity index (χ3v) is 7.08. The topological polar surface area (TPSA) is 58.6 Å². The quantitative estimate of drug-likeness (QED) is 0.336. The summed E-state index contributed by atoms with van der Waals surface area (Å²) < 4.78 is 16.6. The fraction of sp³-hybridized carbons (Fsp3) is 0.696. The van der Waals surface area contributed by atoms with Crippen LogP contribution in [0.4, 0.5) is 0 Å². The van der Waals surface area contributed by atoms with Gasteiger partial charge in [-0.3, -0.25) is 9.89 Å². The van der Waals surface area contributed by atoms with Gasteiger partial charge in [-0.25, -0.2) is 0 Å². The molecule has 0 spiro atoms. The van der Waals surface area contributed by atoms with Crippen molar-refractivity contribution in [1.82, 2.24) is 15.1 Å². The van der Waals surface area contributed by atoms with E-state index in [1.54, 1.807) is 14.2 Å². The first-order chi connectivity index (χ1) is 14.2. The van der Waals surface area contributed by atoms with Gasteiger partial charge in [-0.05, 0) is 31.5 Å². The summed E-state index contributed by atoms with van der Waals surface area (Å²) >= 11 is 0. The largest absolute Gasteiger partial charge is 0.493 e. The number of likely N-dealkylation sites (tertiary alicyclic amines) is 1. The van der Waals surface area contributed by atoms with E-state index in [-0.39, 0.29) is 41.0 Å². The molecular formula is C23H39IN4O3. The Morgan fingerprint density at radius 2 is 1.77 bits per heavy atom. The van der Waals surface area contributed by atoms with E-state index < -0.39 is 0 Å². The number of nitrogens with zero attached hydrogens (tertiary/aromatic N) is 3. The number of methoxy groups -OCH3 is 2. The molecule has 0 saturated carbocycles. The minimum Gasteiger partial charge on any atom is -0.493 e. The maximum absolute atomic E-state index is 5.59. The molecule has 1 aromatic carbocycles. The minimum atomic E-state index is 0. The van der Waals surface area contributed by atoms with Crippen molar-refractivity contribution < 1.29 is 14.2 Å². The number of nitrogens with one attached hydrogen (secondary N) is 1. The van der Waals surface area contributed by atoms with Gasteiger partial charge in [0.25, 0.3) is 0 Å². The second kappa shape index (κ2) is 10.6. The van der Waals surface area contributed by atoms with Gasteiger partial charge in [0.15, 0.2) is 17.5 Å². The number of ether oxygens (including phenoxy) is 3. The van der Waals surface area contributed by atoms with Crippen LogP contribution in [0.1, 0.15) is 39.3 Å². The standard InChI is InChI=1S/C23H38N4O3.HI/c1-22(2)16-27(23(22,3)4)21(24-5)25-15-18(26-10-12-30-13-11-26)17-8-9-19(28-6)20(14-17)29-7;/h8-9,14,18H,10-13,15-16H2,1-7H3,(H,24,25);1H. The smallest absolute Gasteiger partial charge is 0.194 e. The van der Waals surface area contributed by atoms with Crippen molar-refractivity contribution in [2.45, 2.75) is 39.3 Å². The number of benzene rings is 1. The molecule has 1 aromatic rings. The Kier molecular flexibility index (Phi) is 8.86. The lowest BCUT2D eigenvalue weighted by Gasteiger charge is -2.62. The lowest BCUT2D eigenvalue weighted by atomic mass is 9.65. The van der Waals surface area contributed by atoms with Crippen LogP contribution in [0.5, 0.6) is 11.5 Å². The van der Waals surface area contributed by atoms with E-state index in [9.17, 15) is 0 Å². The van der Waals surface area contributed by atoms with Crippen LogP contribution in [0, 0.1) is 5.41 Å². The number of aliphatic imine (C=N–C) groups is 1. The zero-order valence-corrected chi connectivity index (χ0v) is 22.4. The number of hydrogen-bond donors (Lipinski definition) is 1. The third-order valence-electron chi connectivity index (χ3n) is 7.08. The molecule has 1 atom stereocenters. The molecule has 2 fully saturated rings. The number of halogens is 1. The molecule has 0 radical (unpaired) electrons. The zero-order valence-electron chi connectivity index (χ0n) is 20.0. The molecule has 7 nitrogen and oxygen atoms in total. The molecule has 3 rings (SSSR count). The van der Waals surface area contributed by atoms with Gasteiger partial charge >= 0.3 is 0 Å². The molecule has 176 valence electrons. The number of guanidine groups is 1. The molecule has 0 aromatic heterocycles. The van der Waals surface area contributed by atoms with Gasteiger partial charge in [0.1, 0.15) is 0 Å². The summed E-state index contributed by atoms with van der Waals surface area (Å²) in [5.74, 6) is 2.46. The molecule has 0 amide bonds. The Hall–Kier alpha value is -1.26. The predicted octanol–water partition coefficient (Wildman–Crippen LogP) is 3.39. The van der Waals surface area contributed by atoms with Crippen molar-refractivity contribution in [2.24, 2.45) is 10.4 Å². The highest BCUT2D eigenvalue weighted by Crippen LogP contribution is 2.46. The highest BCUT2D eigenvalue weighted by Gasteiger charge is 2.53. The first-order valence-corrected chi connectivity index (χ1v) is 10.8. The van der Waals surface area contributed by atoms with Crippen LogP contribution in [0.2, 0.25) is 0 Å². The third kappa shape index (κ3) is 5.22. The average Bonchev–Trinajstić information content (AvgIpc) is 2.76. The van der Waals surface area contributed by atoms with Gasteiger partial charge < -0.3 is 24.4 Å². The van der Waals surface area contributed by atoms with E-state index in [1.807, 2.05) is 13.1 Å². The van der Waals surface area contributed by atoms with E-state index >= 15 is 0 Å². The lowest BCUT2D eigenvalue weighted by molar-refractivity contribution is -0.0670. The molecule has 0 bridgehead atoms. The van der Waals surface area contributed by atoms with E-state index in [0.717, 1.165) is 56.9 Å². The van der Waals surface area contributed by atoms with Crippen LogP contribution >= 0.6 is 24.0 Å². The molecule has 1 N–H and O–H groups in total. The summed E-state index contributed by atoms with van der Waals surface area (Å²) in [7, 11) is 5.21. The van der Waals surface area contributed by atoms with Gasteiger partial charge in [0.05, 0.1) is 33.5 Å². The Balaban J connectivity index is 0.00000341. The van der Waals surface area contributed by atoms with Crippen molar-refractivity contribution in [3.63, 3.8) is 0 Å². The van der Waals surface area contributed by atoms with Crippen LogP contribution in [-0.4, -0.2) is 82.0 Å². The van der Waals surface area contributed by atoms with Gasteiger partial charge in [-0.15, -0.1) is 24.0 Å². The van der Waals surface area contributed by atoms with Crippen molar-refractivity contribution >= 4 is 29.9 Å². The molecule has 2 aliphatic heterocycles. The number of morpholine rings is 1. The summed E-state index contributed by atoms with van der Waals surface area (Å²) in [5, 5.41) is 3.65. The molecule has 2 heterocycles. The van der Waals surface area contributed by atoms with Crippen molar-refractivity contribution in [3.8, 4) is 11.5 Å². The Labute approximate surface area is 204 Å².